The third-order valence-electron chi connectivity index (χ3n) is 6.98. The molecular weight excluding hydrogens is 420 g/mol. The molecule has 6 rings (SSSR count). The Hall–Kier alpha value is -3.82. The molecule has 0 radical (unpaired) electrons. The van der Waals surface area contributed by atoms with Crippen molar-refractivity contribution >= 4 is 5.69 Å². The molecule has 4 aromatic rings. The fourth-order valence-electron chi connectivity index (χ4n) is 5.48. The third kappa shape index (κ3) is 3.41. The van der Waals surface area contributed by atoms with Gasteiger partial charge in [0.05, 0.1) is 23.0 Å². The van der Waals surface area contributed by atoms with Crippen molar-refractivity contribution < 1.29 is 0 Å². The van der Waals surface area contributed by atoms with Crippen LogP contribution in [0.2, 0.25) is 0 Å². The lowest BCUT2D eigenvalue weighted by atomic mass is 10.1. The molecule has 2 atom stereocenters. The summed E-state index contributed by atoms with van der Waals surface area (Å²) in [5, 5.41) is 12.8. The van der Waals surface area contributed by atoms with Crippen molar-refractivity contribution in [3.8, 4) is 34.4 Å². The minimum atomic E-state index is 0.469. The Balaban J connectivity index is 1.45. The predicted molar refractivity (Wildman–Crippen MR) is 135 cm³/mol. The Morgan fingerprint density at radius 1 is 1.00 bits per heavy atom. The van der Waals surface area contributed by atoms with Crippen molar-refractivity contribution in [3.63, 3.8) is 0 Å². The maximum absolute atomic E-state index is 9.14. The van der Waals surface area contributed by atoms with Crippen LogP contribution in [0.25, 0.3) is 28.3 Å². The van der Waals surface area contributed by atoms with E-state index in [0.717, 1.165) is 48.0 Å². The van der Waals surface area contributed by atoms with Gasteiger partial charge in [0.15, 0.2) is 5.82 Å². The third-order valence-corrected chi connectivity index (χ3v) is 6.98. The molecule has 2 aromatic heterocycles. The molecule has 4 heterocycles. The molecule has 34 heavy (non-hydrogen) atoms. The summed E-state index contributed by atoms with van der Waals surface area (Å²) in [7, 11) is 0. The molecule has 1 saturated heterocycles. The number of piperazine rings is 1. The Bertz CT molecular complexity index is 1410. The zero-order valence-electron chi connectivity index (χ0n) is 19.8. The molecule has 0 bridgehead atoms. The van der Waals surface area contributed by atoms with Crippen molar-refractivity contribution in [1.82, 2.24) is 19.4 Å². The van der Waals surface area contributed by atoms with Gasteiger partial charge in [-0.15, -0.1) is 0 Å². The molecule has 0 amide bonds. The first-order chi connectivity index (χ1) is 16.5. The number of aromatic nitrogens is 3. The largest absolute Gasteiger partial charge is 0.368 e. The number of benzene rings is 2. The first kappa shape index (κ1) is 20.8. The summed E-state index contributed by atoms with van der Waals surface area (Å²) in [5.74, 6) is 0.966. The van der Waals surface area contributed by atoms with Crippen molar-refractivity contribution in [3.05, 3.63) is 77.7 Å². The summed E-state index contributed by atoms with van der Waals surface area (Å²) < 4.78 is 4.59. The van der Waals surface area contributed by atoms with E-state index in [1.54, 1.807) is 0 Å². The number of nitriles is 1. The van der Waals surface area contributed by atoms with Crippen LogP contribution >= 0.6 is 0 Å². The van der Waals surface area contributed by atoms with Crippen LogP contribution in [-0.4, -0.2) is 39.3 Å². The first-order valence-electron chi connectivity index (χ1n) is 11.9. The molecular formula is C28H28N6. The van der Waals surface area contributed by atoms with E-state index in [4.69, 9.17) is 10.2 Å². The van der Waals surface area contributed by atoms with Gasteiger partial charge >= 0.3 is 0 Å². The summed E-state index contributed by atoms with van der Waals surface area (Å²) in [6, 6.07) is 20.0. The highest BCUT2D eigenvalue weighted by Gasteiger charge is 2.25. The molecule has 0 unspecified atom stereocenters. The normalized spacial score (nSPS) is 19.1. The summed E-state index contributed by atoms with van der Waals surface area (Å²) >= 11 is 0. The predicted octanol–water partition coefficient (Wildman–Crippen LogP) is 4.74. The highest BCUT2D eigenvalue weighted by atomic mass is 15.2. The number of nitrogens with zero attached hydrogens (tertiary/aromatic N) is 5. The monoisotopic (exact) mass is 448 g/mol. The van der Waals surface area contributed by atoms with Gasteiger partial charge in [0, 0.05) is 61.1 Å². The number of hydrogen-bond donors (Lipinski definition) is 1. The lowest BCUT2D eigenvalue weighted by molar-refractivity contribution is 0.407. The standard InChI is InChI=1S/C28H28N6/c1-18-14-32(15-19(2)31-18)25-8-9-26-24(10-25)17-33-16-23(22-6-4-21(12-29)5-7-22)11-27(33)28-30-13-20(3)34(26)28/h4-11,13,16,18-19,31H,14-15,17H2,1-3H3/t18-,19+. The van der Waals surface area contributed by atoms with Crippen LogP contribution < -0.4 is 10.2 Å². The number of imidazole rings is 1. The number of anilines is 1. The van der Waals surface area contributed by atoms with Gasteiger partial charge in [-0.2, -0.15) is 5.26 Å². The van der Waals surface area contributed by atoms with E-state index in [1.165, 1.54) is 16.9 Å². The summed E-state index contributed by atoms with van der Waals surface area (Å²) in [6.07, 6.45) is 4.17. The summed E-state index contributed by atoms with van der Waals surface area (Å²) in [6.45, 7) is 9.43. The lowest BCUT2D eigenvalue weighted by Gasteiger charge is -2.38. The fourth-order valence-corrected chi connectivity index (χ4v) is 5.48. The molecule has 0 spiro atoms. The van der Waals surface area contributed by atoms with Gasteiger partial charge in [0.1, 0.15) is 0 Å². The van der Waals surface area contributed by atoms with Crippen LogP contribution in [0.3, 0.4) is 0 Å². The van der Waals surface area contributed by atoms with Gasteiger partial charge in [-0.1, -0.05) is 12.1 Å². The second-order valence-corrected chi connectivity index (χ2v) is 9.68. The number of hydrogen-bond acceptors (Lipinski definition) is 4. The van der Waals surface area contributed by atoms with Gasteiger partial charge in [-0.25, -0.2) is 4.98 Å². The van der Waals surface area contributed by atoms with Crippen LogP contribution in [0, 0.1) is 18.3 Å². The van der Waals surface area contributed by atoms with Crippen LogP contribution in [0.4, 0.5) is 5.69 Å². The van der Waals surface area contributed by atoms with Gasteiger partial charge in [-0.05, 0) is 68.3 Å². The van der Waals surface area contributed by atoms with Crippen molar-refractivity contribution in [2.45, 2.75) is 39.4 Å². The van der Waals surface area contributed by atoms with Gasteiger partial charge < -0.3 is 14.8 Å². The maximum Gasteiger partial charge on any atom is 0.161 e. The zero-order chi connectivity index (χ0) is 23.4. The Labute approximate surface area is 200 Å². The SMILES string of the molecule is Cc1cnc2n1-c1ccc(N3C[C@@H](C)N[C@@H](C)C3)cc1Cn1cc(-c3ccc(C#N)cc3)cc1-2. The zero-order valence-corrected chi connectivity index (χ0v) is 19.8. The van der Waals surface area contributed by atoms with E-state index in [-0.39, 0.29) is 0 Å². The molecule has 0 saturated carbocycles. The summed E-state index contributed by atoms with van der Waals surface area (Å²) in [4.78, 5) is 7.30. The molecule has 1 N–H and O–H groups in total. The Morgan fingerprint density at radius 3 is 2.50 bits per heavy atom. The van der Waals surface area contributed by atoms with Gasteiger partial charge in [-0.3, -0.25) is 4.57 Å². The van der Waals surface area contributed by atoms with Crippen molar-refractivity contribution in [1.29, 1.82) is 5.26 Å². The Morgan fingerprint density at radius 2 is 1.76 bits per heavy atom. The highest BCUT2D eigenvalue weighted by Crippen LogP contribution is 2.36. The first-order valence-corrected chi connectivity index (χ1v) is 11.9. The van der Waals surface area contributed by atoms with Crippen LogP contribution in [0.1, 0.15) is 30.7 Å². The molecule has 6 heteroatoms. The number of fused-ring (bicyclic) bond motifs is 5. The average Bonchev–Trinajstić information content (AvgIpc) is 3.38. The number of aryl methyl sites for hydroxylation is 1. The van der Waals surface area contributed by atoms with Gasteiger partial charge in [0.2, 0.25) is 0 Å². The summed E-state index contributed by atoms with van der Waals surface area (Å²) in [5.41, 5.74) is 8.92. The molecule has 2 aliphatic rings. The molecule has 1 fully saturated rings. The van der Waals surface area contributed by atoms with Crippen LogP contribution in [0.15, 0.2) is 60.9 Å². The van der Waals surface area contributed by atoms with E-state index in [0.29, 0.717) is 17.6 Å². The Kier molecular flexibility index (Phi) is 4.82. The van der Waals surface area contributed by atoms with Gasteiger partial charge in [0.25, 0.3) is 0 Å². The maximum atomic E-state index is 9.14. The van der Waals surface area contributed by atoms with E-state index in [9.17, 15) is 0 Å². The smallest absolute Gasteiger partial charge is 0.161 e. The molecule has 170 valence electrons. The molecule has 6 nitrogen and oxygen atoms in total. The van der Waals surface area contributed by atoms with E-state index in [1.807, 2.05) is 30.5 Å². The second kappa shape index (κ2) is 7.89. The minimum Gasteiger partial charge on any atom is -0.368 e. The molecule has 2 aliphatic heterocycles. The van der Waals surface area contributed by atoms with Crippen LogP contribution in [-0.2, 0) is 6.54 Å². The van der Waals surface area contributed by atoms with E-state index in [2.05, 4.69) is 76.7 Å². The number of rotatable bonds is 2. The highest BCUT2D eigenvalue weighted by molar-refractivity contribution is 5.73. The van der Waals surface area contributed by atoms with Crippen molar-refractivity contribution in [2.75, 3.05) is 18.0 Å². The molecule has 2 aromatic carbocycles. The molecule has 0 aliphatic carbocycles. The average molecular weight is 449 g/mol. The minimum absolute atomic E-state index is 0.469. The fraction of sp³-hybridized carbons (Fsp3) is 0.286. The topological polar surface area (TPSA) is 61.8 Å². The number of nitrogens with one attached hydrogen (secondary N) is 1. The quantitative estimate of drug-likeness (QED) is 0.424. The van der Waals surface area contributed by atoms with Crippen molar-refractivity contribution in [2.24, 2.45) is 0 Å². The van der Waals surface area contributed by atoms with E-state index >= 15 is 0 Å². The second-order valence-electron chi connectivity index (χ2n) is 9.68. The van der Waals surface area contributed by atoms with Crippen LogP contribution in [0.5, 0.6) is 0 Å². The van der Waals surface area contributed by atoms with E-state index < -0.39 is 0 Å². The lowest BCUT2D eigenvalue weighted by Crippen LogP contribution is -2.54.